The third kappa shape index (κ3) is 3.99. The molecule has 0 spiro atoms. The first kappa shape index (κ1) is 14.9. The van der Waals surface area contributed by atoms with Gasteiger partial charge in [0.25, 0.3) is 5.91 Å². The first-order valence-electron chi connectivity index (χ1n) is 7.00. The number of rotatable bonds is 5. The van der Waals surface area contributed by atoms with Gasteiger partial charge in [-0.3, -0.25) is 4.79 Å². The van der Waals surface area contributed by atoms with Gasteiger partial charge in [0.1, 0.15) is 5.75 Å². The minimum Gasteiger partial charge on any atom is -0.508 e. The molecule has 0 bridgehead atoms. The number of phenolic OH excluding ortho intramolecular Hbond substituents is 1. The Hall–Kier alpha value is -2.49. The Kier molecular flexibility index (Phi) is 4.82. The van der Waals surface area contributed by atoms with E-state index in [0.717, 1.165) is 16.8 Å². The average Bonchev–Trinajstić information content (AvgIpc) is 2.49. The van der Waals surface area contributed by atoms with E-state index in [9.17, 15) is 9.90 Å². The first-order valence-corrected chi connectivity index (χ1v) is 7.00. The lowest BCUT2D eigenvalue weighted by Crippen LogP contribution is -2.22. The lowest BCUT2D eigenvalue weighted by atomic mass is 10.1. The number of carbonyl (C=O) groups is 1. The quantitative estimate of drug-likeness (QED) is 0.790. The van der Waals surface area contributed by atoms with Crippen LogP contribution in [0.3, 0.4) is 0 Å². The molecule has 110 valence electrons. The molecule has 0 saturated carbocycles. The van der Waals surface area contributed by atoms with Crippen molar-refractivity contribution in [1.29, 1.82) is 0 Å². The highest BCUT2D eigenvalue weighted by molar-refractivity contribution is 5.95. The molecule has 2 rings (SSSR count). The van der Waals surface area contributed by atoms with E-state index in [0.29, 0.717) is 18.7 Å². The summed E-state index contributed by atoms with van der Waals surface area (Å²) in [6.45, 7) is 4.99. The Bertz CT molecular complexity index is 638. The fourth-order valence-corrected chi connectivity index (χ4v) is 2.09. The fraction of sp³-hybridized carbons (Fsp3) is 0.235. The van der Waals surface area contributed by atoms with Gasteiger partial charge in [-0.25, -0.2) is 0 Å². The fourth-order valence-electron chi connectivity index (χ4n) is 2.09. The Labute approximate surface area is 124 Å². The zero-order valence-corrected chi connectivity index (χ0v) is 12.3. The largest absolute Gasteiger partial charge is 0.508 e. The highest BCUT2D eigenvalue weighted by atomic mass is 16.3. The van der Waals surface area contributed by atoms with Gasteiger partial charge in [0.05, 0.1) is 0 Å². The Balaban J connectivity index is 2.08. The van der Waals surface area contributed by atoms with Gasteiger partial charge < -0.3 is 15.7 Å². The summed E-state index contributed by atoms with van der Waals surface area (Å²) in [6, 6.07) is 12.8. The van der Waals surface area contributed by atoms with Crippen LogP contribution in [-0.2, 0) is 6.54 Å². The van der Waals surface area contributed by atoms with Crippen LogP contribution >= 0.6 is 0 Å². The maximum atomic E-state index is 11.8. The molecule has 0 radical (unpaired) electrons. The number of nitrogens with one attached hydrogen (secondary N) is 2. The van der Waals surface area contributed by atoms with Gasteiger partial charge >= 0.3 is 0 Å². The van der Waals surface area contributed by atoms with Gasteiger partial charge in [-0.1, -0.05) is 23.8 Å². The molecule has 1 amide bonds. The van der Waals surface area contributed by atoms with Gasteiger partial charge in [0.2, 0.25) is 0 Å². The summed E-state index contributed by atoms with van der Waals surface area (Å²) in [4.78, 5) is 11.8. The standard InChI is InChI=1S/C17H20N2O2/c1-3-18-17(21)13-5-4-6-15(10-13)19-11-14-9-12(2)7-8-16(14)20/h4-10,19-20H,3,11H2,1-2H3,(H,18,21). The number of hydrogen-bond acceptors (Lipinski definition) is 3. The van der Waals surface area contributed by atoms with Crippen LogP contribution < -0.4 is 10.6 Å². The zero-order valence-electron chi connectivity index (χ0n) is 12.3. The molecule has 4 heteroatoms. The maximum absolute atomic E-state index is 11.8. The van der Waals surface area contributed by atoms with E-state index in [-0.39, 0.29) is 11.7 Å². The molecule has 0 aromatic heterocycles. The molecule has 2 aromatic rings. The molecule has 0 aliphatic heterocycles. The summed E-state index contributed by atoms with van der Waals surface area (Å²) < 4.78 is 0. The number of benzene rings is 2. The number of anilines is 1. The van der Waals surface area contributed by atoms with Crippen molar-refractivity contribution in [1.82, 2.24) is 5.32 Å². The topological polar surface area (TPSA) is 61.4 Å². The number of aromatic hydroxyl groups is 1. The number of amides is 1. The van der Waals surface area contributed by atoms with Gasteiger partial charge in [-0.2, -0.15) is 0 Å². The van der Waals surface area contributed by atoms with E-state index in [4.69, 9.17) is 0 Å². The van der Waals surface area contributed by atoms with Crippen molar-refractivity contribution in [3.05, 3.63) is 59.2 Å². The molecule has 0 unspecified atom stereocenters. The zero-order chi connectivity index (χ0) is 15.2. The molecule has 2 aromatic carbocycles. The molecule has 0 atom stereocenters. The first-order chi connectivity index (χ1) is 10.1. The smallest absolute Gasteiger partial charge is 0.251 e. The summed E-state index contributed by atoms with van der Waals surface area (Å²) in [7, 11) is 0. The average molecular weight is 284 g/mol. The van der Waals surface area contributed by atoms with Crippen LogP contribution in [0.1, 0.15) is 28.4 Å². The normalized spacial score (nSPS) is 10.2. The molecule has 0 fully saturated rings. The monoisotopic (exact) mass is 284 g/mol. The summed E-state index contributed by atoms with van der Waals surface area (Å²) in [5.41, 5.74) is 3.40. The molecule has 0 aliphatic rings. The van der Waals surface area contributed by atoms with Crippen molar-refractivity contribution in [2.45, 2.75) is 20.4 Å². The van der Waals surface area contributed by atoms with Gasteiger partial charge in [-0.15, -0.1) is 0 Å². The van der Waals surface area contributed by atoms with Crippen molar-refractivity contribution >= 4 is 11.6 Å². The van der Waals surface area contributed by atoms with Crippen molar-refractivity contribution in [3.8, 4) is 5.75 Å². The minimum absolute atomic E-state index is 0.0837. The molecule has 0 saturated heterocycles. The van der Waals surface area contributed by atoms with E-state index in [1.54, 1.807) is 18.2 Å². The minimum atomic E-state index is -0.0837. The number of phenols is 1. The highest BCUT2D eigenvalue weighted by Crippen LogP contribution is 2.20. The van der Waals surface area contributed by atoms with Crippen LogP contribution in [0, 0.1) is 6.92 Å². The van der Waals surface area contributed by atoms with Crippen molar-refractivity contribution < 1.29 is 9.90 Å². The van der Waals surface area contributed by atoms with E-state index in [2.05, 4.69) is 10.6 Å². The van der Waals surface area contributed by atoms with Gasteiger partial charge in [-0.05, 0) is 38.1 Å². The molecule has 3 N–H and O–H groups in total. The van der Waals surface area contributed by atoms with Crippen LogP contribution in [0.4, 0.5) is 5.69 Å². The third-order valence-corrected chi connectivity index (χ3v) is 3.18. The van der Waals surface area contributed by atoms with E-state index < -0.39 is 0 Å². The van der Waals surface area contributed by atoms with Crippen molar-refractivity contribution in [2.75, 3.05) is 11.9 Å². The Morgan fingerprint density at radius 3 is 2.76 bits per heavy atom. The van der Waals surface area contributed by atoms with Gasteiger partial charge in [0, 0.05) is 29.9 Å². The number of carbonyl (C=O) groups excluding carboxylic acids is 1. The Morgan fingerprint density at radius 1 is 1.19 bits per heavy atom. The van der Waals surface area contributed by atoms with Crippen LogP contribution in [0.15, 0.2) is 42.5 Å². The van der Waals surface area contributed by atoms with E-state index in [1.165, 1.54) is 0 Å². The summed E-state index contributed by atoms with van der Waals surface area (Å²) in [5, 5.41) is 15.8. The molecule has 0 heterocycles. The SMILES string of the molecule is CCNC(=O)c1cccc(NCc2cc(C)ccc2O)c1. The van der Waals surface area contributed by atoms with Crippen molar-refractivity contribution in [3.63, 3.8) is 0 Å². The molecular formula is C17H20N2O2. The Morgan fingerprint density at radius 2 is 2.00 bits per heavy atom. The summed E-state index contributed by atoms with van der Waals surface area (Å²) in [6.07, 6.45) is 0. The number of hydrogen-bond donors (Lipinski definition) is 3. The van der Waals surface area contributed by atoms with E-state index in [1.807, 2.05) is 38.1 Å². The highest BCUT2D eigenvalue weighted by Gasteiger charge is 2.05. The molecular weight excluding hydrogens is 264 g/mol. The van der Waals surface area contributed by atoms with Crippen LogP contribution in [0.2, 0.25) is 0 Å². The van der Waals surface area contributed by atoms with Crippen molar-refractivity contribution in [2.24, 2.45) is 0 Å². The summed E-state index contributed by atoms with van der Waals surface area (Å²) in [5.74, 6) is 0.188. The molecule has 21 heavy (non-hydrogen) atoms. The summed E-state index contributed by atoms with van der Waals surface area (Å²) >= 11 is 0. The molecule has 0 aliphatic carbocycles. The lowest BCUT2D eigenvalue weighted by molar-refractivity contribution is 0.0956. The lowest BCUT2D eigenvalue weighted by Gasteiger charge is -2.10. The molecule has 4 nitrogen and oxygen atoms in total. The predicted octanol–water partition coefficient (Wildman–Crippen LogP) is 3.06. The van der Waals surface area contributed by atoms with E-state index >= 15 is 0 Å². The van der Waals surface area contributed by atoms with Crippen LogP contribution in [-0.4, -0.2) is 17.6 Å². The predicted molar refractivity (Wildman–Crippen MR) is 84.6 cm³/mol. The second kappa shape index (κ2) is 6.79. The third-order valence-electron chi connectivity index (χ3n) is 3.18. The van der Waals surface area contributed by atoms with Crippen LogP contribution in [0.5, 0.6) is 5.75 Å². The second-order valence-electron chi connectivity index (χ2n) is 4.93. The van der Waals surface area contributed by atoms with Gasteiger partial charge in [0.15, 0.2) is 0 Å². The van der Waals surface area contributed by atoms with Crippen LogP contribution in [0.25, 0.3) is 0 Å². The number of aryl methyl sites for hydroxylation is 1. The maximum Gasteiger partial charge on any atom is 0.251 e. The second-order valence-corrected chi connectivity index (χ2v) is 4.93.